The standard InChI is InChI=1S/C15H12N2O3/c1-17(12-4-2-10(9-16)3-5-12)15(20)11-6-13(18)8-14(19)7-11/h2-8,18-19H,1H3. The van der Waals surface area contributed by atoms with E-state index in [9.17, 15) is 15.0 Å². The quantitative estimate of drug-likeness (QED) is 0.874. The minimum atomic E-state index is -0.374. The first-order valence-corrected chi connectivity index (χ1v) is 5.82. The summed E-state index contributed by atoms with van der Waals surface area (Å²) < 4.78 is 0. The predicted molar refractivity (Wildman–Crippen MR) is 73.7 cm³/mol. The van der Waals surface area contributed by atoms with E-state index in [1.165, 1.54) is 17.0 Å². The second kappa shape index (κ2) is 5.33. The molecule has 5 nitrogen and oxygen atoms in total. The molecule has 0 spiro atoms. The van der Waals surface area contributed by atoms with Crippen LogP contribution in [0.3, 0.4) is 0 Å². The zero-order valence-corrected chi connectivity index (χ0v) is 10.7. The highest BCUT2D eigenvalue weighted by atomic mass is 16.3. The molecule has 0 aliphatic carbocycles. The van der Waals surface area contributed by atoms with Crippen LogP contribution in [-0.4, -0.2) is 23.2 Å². The first kappa shape index (κ1) is 13.4. The summed E-state index contributed by atoms with van der Waals surface area (Å²) in [4.78, 5) is 13.6. The topological polar surface area (TPSA) is 84.6 Å². The third-order valence-corrected chi connectivity index (χ3v) is 2.84. The Labute approximate surface area is 115 Å². The van der Waals surface area contributed by atoms with Gasteiger partial charge in [-0.25, -0.2) is 0 Å². The molecule has 0 aromatic heterocycles. The smallest absolute Gasteiger partial charge is 0.258 e. The van der Waals surface area contributed by atoms with Crippen molar-refractivity contribution in [2.45, 2.75) is 0 Å². The summed E-state index contributed by atoms with van der Waals surface area (Å²) in [7, 11) is 1.57. The van der Waals surface area contributed by atoms with Crippen LogP contribution in [0, 0.1) is 11.3 Å². The number of nitriles is 1. The first-order chi connectivity index (χ1) is 9.51. The van der Waals surface area contributed by atoms with Crippen molar-refractivity contribution in [2.24, 2.45) is 0 Å². The van der Waals surface area contributed by atoms with E-state index in [0.29, 0.717) is 11.3 Å². The van der Waals surface area contributed by atoms with E-state index in [1.807, 2.05) is 6.07 Å². The summed E-state index contributed by atoms with van der Waals surface area (Å²) in [5.41, 5.74) is 1.29. The number of amides is 1. The highest BCUT2D eigenvalue weighted by molar-refractivity contribution is 6.06. The number of hydrogen-bond acceptors (Lipinski definition) is 4. The largest absolute Gasteiger partial charge is 0.508 e. The van der Waals surface area contributed by atoms with E-state index in [4.69, 9.17) is 5.26 Å². The maximum absolute atomic E-state index is 12.2. The average Bonchev–Trinajstić information content (AvgIpc) is 2.45. The maximum atomic E-state index is 12.2. The van der Waals surface area contributed by atoms with Gasteiger partial charge in [0.25, 0.3) is 5.91 Å². The average molecular weight is 268 g/mol. The van der Waals surface area contributed by atoms with Gasteiger partial charge in [-0.2, -0.15) is 5.26 Å². The van der Waals surface area contributed by atoms with Crippen LogP contribution in [0.15, 0.2) is 42.5 Å². The lowest BCUT2D eigenvalue weighted by Crippen LogP contribution is -2.26. The van der Waals surface area contributed by atoms with Gasteiger partial charge in [0, 0.05) is 24.4 Å². The van der Waals surface area contributed by atoms with Crippen LogP contribution in [0.1, 0.15) is 15.9 Å². The van der Waals surface area contributed by atoms with Gasteiger partial charge in [-0.05, 0) is 36.4 Å². The van der Waals surface area contributed by atoms with Crippen LogP contribution in [0.4, 0.5) is 5.69 Å². The summed E-state index contributed by atoms with van der Waals surface area (Å²) in [5.74, 6) is -0.732. The zero-order valence-electron chi connectivity index (χ0n) is 10.7. The van der Waals surface area contributed by atoms with Gasteiger partial charge in [-0.3, -0.25) is 4.79 Å². The molecule has 0 fully saturated rings. The Balaban J connectivity index is 2.29. The first-order valence-electron chi connectivity index (χ1n) is 5.82. The number of benzene rings is 2. The van der Waals surface area contributed by atoms with Crippen molar-refractivity contribution in [3.63, 3.8) is 0 Å². The molecule has 2 N–H and O–H groups in total. The molecule has 2 aromatic carbocycles. The second-order valence-electron chi connectivity index (χ2n) is 4.26. The van der Waals surface area contributed by atoms with Crippen molar-refractivity contribution < 1.29 is 15.0 Å². The van der Waals surface area contributed by atoms with Crippen LogP contribution in [0.25, 0.3) is 0 Å². The summed E-state index contributed by atoms with van der Waals surface area (Å²) in [6.45, 7) is 0. The fourth-order valence-electron chi connectivity index (χ4n) is 1.79. The van der Waals surface area contributed by atoms with Crippen molar-refractivity contribution in [3.05, 3.63) is 53.6 Å². The molecule has 0 heterocycles. The summed E-state index contributed by atoms with van der Waals surface area (Å²) in [6.07, 6.45) is 0. The van der Waals surface area contributed by atoms with E-state index >= 15 is 0 Å². The molecule has 0 saturated carbocycles. The molecule has 20 heavy (non-hydrogen) atoms. The van der Waals surface area contributed by atoms with Gasteiger partial charge in [0.1, 0.15) is 11.5 Å². The molecule has 1 amide bonds. The number of rotatable bonds is 2. The number of phenolic OH excluding ortho intramolecular Hbond substituents is 2. The SMILES string of the molecule is CN(C(=O)c1cc(O)cc(O)c1)c1ccc(C#N)cc1. The van der Waals surface area contributed by atoms with Crippen LogP contribution >= 0.6 is 0 Å². The lowest BCUT2D eigenvalue weighted by Gasteiger charge is -2.17. The molecule has 100 valence electrons. The predicted octanol–water partition coefficient (Wildman–Crippen LogP) is 2.25. The number of nitrogens with zero attached hydrogens (tertiary/aromatic N) is 2. The fourth-order valence-corrected chi connectivity index (χ4v) is 1.79. The Morgan fingerprint density at radius 1 is 1.10 bits per heavy atom. The monoisotopic (exact) mass is 268 g/mol. The summed E-state index contributed by atoms with van der Waals surface area (Å²) >= 11 is 0. The highest BCUT2D eigenvalue weighted by Gasteiger charge is 2.15. The molecule has 0 bridgehead atoms. The number of anilines is 1. The Morgan fingerprint density at radius 2 is 1.65 bits per heavy atom. The molecular weight excluding hydrogens is 256 g/mol. The lowest BCUT2D eigenvalue weighted by atomic mass is 10.1. The third-order valence-electron chi connectivity index (χ3n) is 2.84. The zero-order chi connectivity index (χ0) is 14.7. The van der Waals surface area contributed by atoms with Gasteiger partial charge in [0.2, 0.25) is 0 Å². The number of aromatic hydroxyl groups is 2. The molecular formula is C15H12N2O3. The lowest BCUT2D eigenvalue weighted by molar-refractivity contribution is 0.0992. The minimum Gasteiger partial charge on any atom is -0.508 e. The Kier molecular flexibility index (Phi) is 3.58. The van der Waals surface area contributed by atoms with Crippen molar-refractivity contribution >= 4 is 11.6 Å². The third kappa shape index (κ3) is 2.70. The summed E-state index contributed by atoms with van der Waals surface area (Å²) in [6, 6.07) is 12.2. The van der Waals surface area contributed by atoms with Crippen molar-refractivity contribution in [1.82, 2.24) is 0 Å². The van der Waals surface area contributed by atoms with E-state index < -0.39 is 0 Å². The Morgan fingerprint density at radius 3 is 2.15 bits per heavy atom. The molecule has 0 unspecified atom stereocenters. The molecule has 5 heteroatoms. The van der Waals surface area contributed by atoms with E-state index in [1.54, 1.807) is 31.3 Å². The van der Waals surface area contributed by atoms with Gasteiger partial charge in [0.15, 0.2) is 0 Å². The van der Waals surface area contributed by atoms with Crippen molar-refractivity contribution in [1.29, 1.82) is 5.26 Å². The molecule has 0 saturated heterocycles. The van der Waals surface area contributed by atoms with Crippen LogP contribution in [-0.2, 0) is 0 Å². The van der Waals surface area contributed by atoms with Gasteiger partial charge in [-0.1, -0.05) is 0 Å². The Hall–Kier alpha value is -3.00. The normalized spacial score (nSPS) is 9.80. The fraction of sp³-hybridized carbons (Fsp3) is 0.0667. The molecule has 2 aromatic rings. The molecule has 0 radical (unpaired) electrons. The number of carbonyl (C=O) groups is 1. The van der Waals surface area contributed by atoms with E-state index in [-0.39, 0.29) is 23.0 Å². The van der Waals surface area contributed by atoms with E-state index in [0.717, 1.165) is 6.07 Å². The highest BCUT2D eigenvalue weighted by Crippen LogP contribution is 2.23. The second-order valence-corrected chi connectivity index (χ2v) is 4.26. The number of carbonyl (C=O) groups excluding carboxylic acids is 1. The van der Waals surface area contributed by atoms with Gasteiger partial charge >= 0.3 is 0 Å². The molecule has 0 aliphatic heterocycles. The maximum Gasteiger partial charge on any atom is 0.258 e. The van der Waals surface area contributed by atoms with E-state index in [2.05, 4.69) is 0 Å². The van der Waals surface area contributed by atoms with Gasteiger partial charge in [-0.15, -0.1) is 0 Å². The van der Waals surface area contributed by atoms with Crippen LogP contribution in [0.5, 0.6) is 11.5 Å². The Bertz CT molecular complexity index is 667. The van der Waals surface area contributed by atoms with Crippen LogP contribution < -0.4 is 4.90 Å². The number of hydrogen-bond donors (Lipinski definition) is 2. The summed E-state index contributed by atoms with van der Waals surface area (Å²) in [5, 5.41) is 27.5. The molecule has 0 atom stereocenters. The van der Waals surface area contributed by atoms with Crippen molar-refractivity contribution in [2.75, 3.05) is 11.9 Å². The van der Waals surface area contributed by atoms with Crippen molar-refractivity contribution in [3.8, 4) is 17.6 Å². The molecule has 0 aliphatic rings. The van der Waals surface area contributed by atoms with Gasteiger partial charge < -0.3 is 15.1 Å². The van der Waals surface area contributed by atoms with Gasteiger partial charge in [0.05, 0.1) is 11.6 Å². The van der Waals surface area contributed by atoms with Crippen LogP contribution in [0.2, 0.25) is 0 Å². The minimum absolute atomic E-state index is 0.175. The number of phenols is 2. The molecule has 2 rings (SSSR count).